The first-order valence-electron chi connectivity index (χ1n) is 13.4. The summed E-state index contributed by atoms with van der Waals surface area (Å²) < 4.78 is 17.3. The summed E-state index contributed by atoms with van der Waals surface area (Å²) in [6.45, 7) is 0. The zero-order valence-electron chi connectivity index (χ0n) is 23.0. The Bertz CT molecular complexity index is 1920. The number of carbonyl (C=O) groups excluding carboxylic acids is 3. The Morgan fingerprint density at radius 3 is 1.86 bits per heavy atom. The normalized spacial score (nSPS) is 10.7. The lowest BCUT2D eigenvalue weighted by atomic mass is 10.1. The van der Waals surface area contributed by atoms with Crippen LogP contribution in [0.15, 0.2) is 132 Å². The fourth-order valence-corrected chi connectivity index (χ4v) is 4.68. The molecule has 6 rings (SSSR count). The maximum atomic E-state index is 14.2. The lowest BCUT2D eigenvalue weighted by Crippen LogP contribution is -2.27. The van der Waals surface area contributed by atoms with E-state index in [4.69, 9.17) is 13.9 Å². The number of ether oxygens (including phenoxy) is 2. The van der Waals surface area contributed by atoms with Crippen LogP contribution < -0.4 is 9.64 Å². The summed E-state index contributed by atoms with van der Waals surface area (Å²) >= 11 is 0. The molecule has 8 heteroatoms. The molecule has 1 aromatic heterocycles. The van der Waals surface area contributed by atoms with E-state index in [9.17, 15) is 14.4 Å². The Labute approximate surface area is 246 Å². The first-order chi connectivity index (χ1) is 21.0. The van der Waals surface area contributed by atoms with E-state index in [1.54, 1.807) is 91.0 Å². The molecular formula is C35H24N2O6. The van der Waals surface area contributed by atoms with Gasteiger partial charge in [-0.25, -0.2) is 14.6 Å². The Morgan fingerprint density at radius 2 is 1.26 bits per heavy atom. The van der Waals surface area contributed by atoms with Gasteiger partial charge in [-0.2, -0.15) is 0 Å². The van der Waals surface area contributed by atoms with Crippen molar-refractivity contribution in [2.24, 2.45) is 0 Å². The van der Waals surface area contributed by atoms with Gasteiger partial charge in [-0.1, -0.05) is 72.8 Å². The molecule has 6 aromatic rings. The Hall–Kier alpha value is -6.02. The highest BCUT2D eigenvalue weighted by molar-refractivity contribution is 6.16. The van der Waals surface area contributed by atoms with Gasteiger partial charge in [-0.05, 0) is 48.5 Å². The minimum atomic E-state index is -0.823. The van der Waals surface area contributed by atoms with Crippen molar-refractivity contribution in [3.05, 3.63) is 144 Å². The number of hydrogen-bond donors (Lipinski definition) is 0. The minimum Gasteiger partial charge on any atom is -0.465 e. The average Bonchev–Trinajstić information content (AvgIpc) is 3.50. The topological polar surface area (TPSA) is 98.9 Å². The van der Waals surface area contributed by atoms with Gasteiger partial charge in [-0.15, -0.1) is 0 Å². The number of hydrogen-bond acceptors (Lipinski definition) is 7. The van der Waals surface area contributed by atoms with E-state index in [0.29, 0.717) is 16.8 Å². The second-order valence-electron chi connectivity index (χ2n) is 9.42. The SMILES string of the molecule is COC(=O)c1c(OC(=O)c2ccccc2)c(N(C(=O)c2ccccc2)c2ccccc2)cc2oc(-c3ccccc3)nc12. The molecule has 1 amide bonds. The summed E-state index contributed by atoms with van der Waals surface area (Å²) in [5, 5.41) is 0. The van der Waals surface area contributed by atoms with Crippen LogP contribution in [0.3, 0.4) is 0 Å². The zero-order chi connectivity index (χ0) is 29.8. The number of oxazole rings is 1. The fraction of sp³-hybridized carbons (Fsp3) is 0.0286. The first kappa shape index (κ1) is 27.2. The molecule has 0 atom stereocenters. The standard InChI is InChI=1S/C35H24N2O6/c1-41-35(40)29-30-28(42-32(36-30)23-14-6-2-7-15-23)22-27(31(29)43-34(39)25-18-10-4-11-19-25)37(26-20-12-5-13-21-26)33(38)24-16-8-3-9-17-24/h2-22H,1H3. The summed E-state index contributed by atoms with van der Waals surface area (Å²) in [6.07, 6.45) is 0. The molecular weight excluding hydrogens is 544 g/mol. The maximum Gasteiger partial charge on any atom is 0.344 e. The zero-order valence-corrected chi connectivity index (χ0v) is 23.0. The van der Waals surface area contributed by atoms with Crippen LogP contribution >= 0.6 is 0 Å². The lowest BCUT2D eigenvalue weighted by molar-refractivity contribution is 0.0595. The molecule has 0 saturated carbocycles. The van der Waals surface area contributed by atoms with E-state index in [1.165, 1.54) is 12.0 Å². The second kappa shape index (κ2) is 11.8. The number of anilines is 2. The van der Waals surface area contributed by atoms with Crippen molar-refractivity contribution in [2.75, 3.05) is 12.0 Å². The number of fused-ring (bicyclic) bond motifs is 1. The Balaban J connectivity index is 1.66. The molecule has 0 unspecified atom stereocenters. The van der Waals surface area contributed by atoms with Crippen LogP contribution in [0, 0.1) is 0 Å². The van der Waals surface area contributed by atoms with E-state index < -0.39 is 17.8 Å². The number of methoxy groups -OCH3 is 1. The van der Waals surface area contributed by atoms with E-state index in [1.807, 2.05) is 36.4 Å². The van der Waals surface area contributed by atoms with Gasteiger partial charge in [0.05, 0.1) is 18.4 Å². The van der Waals surface area contributed by atoms with Crippen LogP contribution in [-0.2, 0) is 4.74 Å². The third-order valence-corrected chi connectivity index (χ3v) is 6.71. The average molecular weight is 569 g/mol. The van der Waals surface area contributed by atoms with Crippen molar-refractivity contribution >= 4 is 40.3 Å². The molecule has 0 saturated heterocycles. The molecule has 8 nitrogen and oxygen atoms in total. The number of rotatable bonds is 7. The first-order valence-corrected chi connectivity index (χ1v) is 13.4. The van der Waals surface area contributed by atoms with Gasteiger partial charge >= 0.3 is 11.9 Å². The van der Waals surface area contributed by atoms with E-state index in [0.717, 1.165) is 0 Å². The molecule has 0 fully saturated rings. The van der Waals surface area contributed by atoms with E-state index in [-0.39, 0.29) is 39.6 Å². The number of aromatic nitrogens is 1. The lowest BCUT2D eigenvalue weighted by Gasteiger charge is -2.26. The highest BCUT2D eigenvalue weighted by atomic mass is 16.5. The molecule has 0 N–H and O–H groups in total. The van der Waals surface area contributed by atoms with Crippen LogP contribution in [-0.4, -0.2) is 29.9 Å². The number of amides is 1. The molecule has 1 heterocycles. The van der Waals surface area contributed by atoms with Crippen LogP contribution in [0.4, 0.5) is 11.4 Å². The molecule has 0 radical (unpaired) electrons. The molecule has 210 valence electrons. The van der Waals surface area contributed by atoms with Crippen LogP contribution in [0.25, 0.3) is 22.6 Å². The van der Waals surface area contributed by atoms with Gasteiger partial charge < -0.3 is 13.9 Å². The van der Waals surface area contributed by atoms with Crippen LogP contribution in [0.1, 0.15) is 31.1 Å². The number of carbonyl (C=O) groups is 3. The van der Waals surface area contributed by atoms with Gasteiger partial charge in [0.25, 0.3) is 5.91 Å². The van der Waals surface area contributed by atoms with Gasteiger partial charge in [0.15, 0.2) is 11.3 Å². The largest absolute Gasteiger partial charge is 0.465 e. The minimum absolute atomic E-state index is 0.0907. The van der Waals surface area contributed by atoms with Gasteiger partial charge in [0.1, 0.15) is 11.1 Å². The molecule has 0 aliphatic rings. The summed E-state index contributed by atoms with van der Waals surface area (Å²) in [6, 6.07) is 36.5. The molecule has 43 heavy (non-hydrogen) atoms. The van der Waals surface area contributed by atoms with Crippen LogP contribution in [0.5, 0.6) is 5.75 Å². The second-order valence-corrected chi connectivity index (χ2v) is 9.42. The predicted molar refractivity (Wildman–Crippen MR) is 162 cm³/mol. The van der Waals surface area contributed by atoms with Gasteiger partial charge in [-0.3, -0.25) is 9.69 Å². The summed E-state index contributed by atoms with van der Waals surface area (Å²) in [5.74, 6) is -1.95. The third kappa shape index (κ3) is 5.37. The molecule has 0 aliphatic carbocycles. The summed E-state index contributed by atoms with van der Waals surface area (Å²) in [4.78, 5) is 47.1. The van der Waals surface area contributed by atoms with Crippen LogP contribution in [0.2, 0.25) is 0 Å². The number of nitrogens with zero attached hydrogens (tertiary/aromatic N) is 2. The molecule has 5 aromatic carbocycles. The Morgan fingerprint density at radius 1 is 0.698 bits per heavy atom. The van der Waals surface area contributed by atoms with Crippen molar-refractivity contribution in [3.63, 3.8) is 0 Å². The number of benzene rings is 5. The van der Waals surface area contributed by atoms with Crippen molar-refractivity contribution in [1.29, 1.82) is 0 Å². The van der Waals surface area contributed by atoms with E-state index >= 15 is 0 Å². The summed E-state index contributed by atoms with van der Waals surface area (Å²) in [7, 11) is 1.21. The Kier molecular flexibility index (Phi) is 7.48. The summed E-state index contributed by atoms with van der Waals surface area (Å²) in [5.41, 5.74) is 1.98. The van der Waals surface area contributed by atoms with Gasteiger partial charge in [0, 0.05) is 22.9 Å². The monoisotopic (exact) mass is 568 g/mol. The maximum absolute atomic E-state index is 14.2. The highest BCUT2D eigenvalue weighted by Crippen LogP contribution is 2.43. The predicted octanol–water partition coefficient (Wildman–Crippen LogP) is 7.48. The van der Waals surface area contributed by atoms with Crippen molar-refractivity contribution in [1.82, 2.24) is 4.98 Å². The fourth-order valence-electron chi connectivity index (χ4n) is 4.68. The third-order valence-electron chi connectivity index (χ3n) is 6.71. The molecule has 0 aliphatic heterocycles. The molecule has 0 spiro atoms. The highest BCUT2D eigenvalue weighted by Gasteiger charge is 2.33. The van der Waals surface area contributed by atoms with Gasteiger partial charge in [0.2, 0.25) is 5.89 Å². The quantitative estimate of drug-likeness (QED) is 0.145. The smallest absolute Gasteiger partial charge is 0.344 e. The molecule has 0 bridgehead atoms. The van der Waals surface area contributed by atoms with Crippen molar-refractivity contribution in [3.8, 4) is 17.2 Å². The van der Waals surface area contributed by atoms with E-state index in [2.05, 4.69) is 4.98 Å². The van der Waals surface area contributed by atoms with Crippen molar-refractivity contribution in [2.45, 2.75) is 0 Å². The van der Waals surface area contributed by atoms with Crippen molar-refractivity contribution < 1.29 is 28.3 Å². The number of esters is 2. The number of para-hydroxylation sites is 1.